The zero-order valence-electron chi connectivity index (χ0n) is 25.9. The maximum atomic E-state index is 10.6. The number of rotatable bonds is 16. The van der Waals surface area contributed by atoms with Gasteiger partial charge in [-0.2, -0.15) is 0 Å². The number of Topliss-reactive ketones (excluding diaryl/α,β-unsaturated/α-hetero) is 4. The number of carbonyl (C=O) groups excluding carboxylic acids is 8. The van der Waals surface area contributed by atoms with E-state index in [0.29, 0.717) is 26.4 Å². The third kappa shape index (κ3) is 54.3. The van der Waals surface area contributed by atoms with E-state index in [-0.39, 0.29) is 75.0 Å². The van der Waals surface area contributed by atoms with Gasteiger partial charge in [-0.05, 0) is 53.4 Å². The van der Waals surface area contributed by atoms with Gasteiger partial charge in [0.25, 0.3) is 0 Å². The van der Waals surface area contributed by atoms with Crippen molar-refractivity contribution in [2.24, 2.45) is 0 Å². The molecule has 41 heavy (non-hydrogen) atoms. The van der Waals surface area contributed by atoms with E-state index in [4.69, 9.17) is 0 Å². The Morgan fingerprint density at radius 3 is 0.610 bits per heavy atom. The van der Waals surface area contributed by atoms with Crippen LogP contribution in [0.3, 0.4) is 0 Å². The van der Waals surface area contributed by atoms with Gasteiger partial charge >= 0.3 is 23.9 Å². The summed E-state index contributed by atoms with van der Waals surface area (Å²) in [4.78, 5) is 83.5. The first-order valence-electron chi connectivity index (χ1n) is 13.3. The molecule has 0 heterocycles. The molecule has 0 unspecified atom stereocenters. The summed E-state index contributed by atoms with van der Waals surface area (Å²) >= 11 is 0. The van der Waals surface area contributed by atoms with Gasteiger partial charge in [0, 0.05) is 26.2 Å². The summed E-state index contributed by atoms with van der Waals surface area (Å²) in [6.45, 7) is 14.7. The first-order valence-corrected chi connectivity index (χ1v) is 13.3. The van der Waals surface area contributed by atoms with Gasteiger partial charge in [-0.1, -0.05) is 27.7 Å². The Labute approximate surface area is 263 Å². The fraction of sp³-hybridized carbons (Fsp3) is 0.714. The van der Waals surface area contributed by atoms with Gasteiger partial charge < -0.3 is 18.9 Å². The molecule has 0 amide bonds. The SMILES string of the molecule is CCCOC(=O)CC(C)=O.CCCOC(=O)CC(C)=O.CCCOC(=O)CC(C)=O.CCCOC(=O)CC(C)=O.[Zr]. The van der Waals surface area contributed by atoms with E-state index >= 15 is 0 Å². The molecule has 0 rings (SSSR count). The molecule has 13 heteroatoms. The van der Waals surface area contributed by atoms with E-state index in [1.54, 1.807) is 0 Å². The van der Waals surface area contributed by atoms with Crippen molar-refractivity contribution in [2.75, 3.05) is 26.4 Å². The van der Waals surface area contributed by atoms with Gasteiger partial charge in [0.2, 0.25) is 0 Å². The van der Waals surface area contributed by atoms with Crippen LogP contribution in [-0.2, 0) is 83.5 Å². The second-order valence-corrected chi connectivity index (χ2v) is 8.40. The Morgan fingerprint density at radius 1 is 0.366 bits per heavy atom. The fourth-order valence-electron chi connectivity index (χ4n) is 1.88. The van der Waals surface area contributed by atoms with Crippen molar-refractivity contribution < 1.29 is 83.5 Å². The van der Waals surface area contributed by atoms with Crippen LogP contribution < -0.4 is 0 Å². The molecule has 0 bridgehead atoms. The van der Waals surface area contributed by atoms with Crippen LogP contribution in [0.1, 0.15) is 107 Å². The van der Waals surface area contributed by atoms with Crippen molar-refractivity contribution in [3.63, 3.8) is 0 Å². The quantitative estimate of drug-likeness (QED) is 0.133. The number of carbonyl (C=O) groups is 8. The van der Waals surface area contributed by atoms with Crippen molar-refractivity contribution >= 4 is 47.0 Å². The summed E-state index contributed by atoms with van der Waals surface area (Å²) in [7, 11) is 0. The zero-order chi connectivity index (χ0) is 31.9. The smallest absolute Gasteiger partial charge is 0.313 e. The molecule has 0 aliphatic heterocycles. The maximum Gasteiger partial charge on any atom is 0.313 e. The number of hydrogen-bond acceptors (Lipinski definition) is 12. The molecule has 12 nitrogen and oxygen atoms in total. The monoisotopic (exact) mass is 666 g/mol. The molecule has 0 radical (unpaired) electrons. The zero-order valence-corrected chi connectivity index (χ0v) is 28.3. The van der Waals surface area contributed by atoms with Crippen LogP contribution in [0.4, 0.5) is 0 Å². The Balaban J connectivity index is -0.000000139. The van der Waals surface area contributed by atoms with Crippen LogP contribution >= 0.6 is 0 Å². The summed E-state index contributed by atoms with van der Waals surface area (Å²) in [5.74, 6) is -2.29. The molecular weight excluding hydrogens is 620 g/mol. The van der Waals surface area contributed by atoms with E-state index in [1.807, 2.05) is 27.7 Å². The van der Waals surface area contributed by atoms with Crippen LogP contribution in [0.2, 0.25) is 0 Å². The van der Waals surface area contributed by atoms with E-state index in [2.05, 4.69) is 18.9 Å². The summed E-state index contributed by atoms with van der Waals surface area (Å²) in [5.41, 5.74) is 0. The Morgan fingerprint density at radius 2 is 0.512 bits per heavy atom. The standard InChI is InChI=1S/4C7H12O3.Zr/c4*1-3-4-10-7(9)5-6(2)8;/h4*3-5H2,1-2H3;. The number of hydrogen-bond donors (Lipinski definition) is 0. The first kappa shape index (κ1) is 48.2. The van der Waals surface area contributed by atoms with E-state index in [1.165, 1.54) is 27.7 Å². The van der Waals surface area contributed by atoms with Crippen molar-refractivity contribution in [1.29, 1.82) is 0 Å². The van der Waals surface area contributed by atoms with Gasteiger partial charge in [0.05, 0.1) is 26.4 Å². The van der Waals surface area contributed by atoms with E-state index in [9.17, 15) is 38.4 Å². The molecule has 0 saturated heterocycles. The summed E-state index contributed by atoms with van der Waals surface area (Å²) in [6.07, 6.45) is 2.79. The number of esters is 4. The summed E-state index contributed by atoms with van der Waals surface area (Å²) in [5, 5.41) is 0. The predicted molar refractivity (Wildman–Crippen MR) is 146 cm³/mol. The van der Waals surface area contributed by atoms with E-state index < -0.39 is 23.9 Å². The van der Waals surface area contributed by atoms with Crippen LogP contribution in [0.25, 0.3) is 0 Å². The van der Waals surface area contributed by atoms with Gasteiger partial charge in [0.1, 0.15) is 48.8 Å². The van der Waals surface area contributed by atoms with Crippen LogP contribution in [-0.4, -0.2) is 73.4 Å². The molecule has 0 aromatic heterocycles. The summed E-state index contributed by atoms with van der Waals surface area (Å²) in [6, 6.07) is 0. The normalized spacial score (nSPS) is 8.78. The van der Waals surface area contributed by atoms with Gasteiger partial charge in [0.15, 0.2) is 0 Å². The van der Waals surface area contributed by atoms with Crippen LogP contribution in [0, 0.1) is 0 Å². The average molecular weight is 668 g/mol. The van der Waals surface area contributed by atoms with E-state index in [0.717, 1.165) is 25.7 Å². The second-order valence-electron chi connectivity index (χ2n) is 8.40. The molecule has 0 aliphatic rings. The molecule has 0 spiro atoms. The molecule has 0 aromatic carbocycles. The number of ether oxygens (including phenoxy) is 4. The topological polar surface area (TPSA) is 173 Å². The number of ketones is 4. The maximum absolute atomic E-state index is 10.6. The Bertz CT molecular complexity index is 650. The van der Waals surface area contributed by atoms with Gasteiger partial charge in [-0.25, -0.2) is 0 Å². The molecule has 0 aliphatic carbocycles. The average Bonchev–Trinajstić information content (AvgIpc) is 2.83. The Kier molecular flexibility index (Phi) is 41.7. The second kappa shape index (κ2) is 35.5. The van der Waals surface area contributed by atoms with Crippen molar-refractivity contribution in [3.8, 4) is 0 Å². The fourth-order valence-corrected chi connectivity index (χ4v) is 1.88. The minimum Gasteiger partial charge on any atom is -0.465 e. The molecule has 0 fully saturated rings. The largest absolute Gasteiger partial charge is 0.465 e. The predicted octanol–water partition coefficient (Wildman–Crippen LogP) is 3.67. The minimum absolute atomic E-state index is 0. The van der Waals surface area contributed by atoms with Gasteiger partial charge in [-0.3, -0.25) is 38.4 Å². The van der Waals surface area contributed by atoms with Crippen LogP contribution in [0.15, 0.2) is 0 Å². The molecule has 0 N–H and O–H groups in total. The molecular formula is C28H48O12Zr. The third-order valence-electron chi connectivity index (χ3n) is 3.44. The molecule has 0 saturated carbocycles. The molecule has 236 valence electrons. The minimum atomic E-state index is -0.422. The molecule has 0 atom stereocenters. The van der Waals surface area contributed by atoms with Crippen molar-refractivity contribution in [1.82, 2.24) is 0 Å². The van der Waals surface area contributed by atoms with Crippen molar-refractivity contribution in [2.45, 2.75) is 107 Å². The van der Waals surface area contributed by atoms with Gasteiger partial charge in [-0.15, -0.1) is 0 Å². The Hall–Kier alpha value is -2.56. The first-order chi connectivity index (χ1) is 18.7. The van der Waals surface area contributed by atoms with Crippen LogP contribution in [0.5, 0.6) is 0 Å². The summed E-state index contributed by atoms with van der Waals surface area (Å²) < 4.78 is 18.6. The molecule has 0 aromatic rings. The van der Waals surface area contributed by atoms with Crippen molar-refractivity contribution in [3.05, 3.63) is 0 Å². The third-order valence-corrected chi connectivity index (χ3v) is 3.44.